The summed E-state index contributed by atoms with van der Waals surface area (Å²) in [5, 5.41) is 7.77. The van der Waals surface area contributed by atoms with Crippen LogP contribution in [-0.2, 0) is 29.0 Å². The highest BCUT2D eigenvalue weighted by molar-refractivity contribution is 5.94. The lowest BCUT2D eigenvalue weighted by molar-refractivity contribution is -0.124. The van der Waals surface area contributed by atoms with Gasteiger partial charge in [0.2, 0.25) is 0 Å². The molecule has 1 fully saturated rings. The van der Waals surface area contributed by atoms with E-state index in [0.29, 0.717) is 12.6 Å². The number of hydrogen-bond donors (Lipinski definition) is 1. The van der Waals surface area contributed by atoms with E-state index < -0.39 is 0 Å². The number of ether oxygens (including phenoxy) is 1. The Hall–Kier alpha value is -2.18. The van der Waals surface area contributed by atoms with Crippen molar-refractivity contribution in [1.82, 2.24) is 14.7 Å². The Morgan fingerprint density at radius 1 is 1.31 bits per heavy atom. The van der Waals surface area contributed by atoms with Crippen LogP contribution in [0.25, 0.3) is 0 Å². The molecule has 1 unspecified atom stereocenters. The van der Waals surface area contributed by atoms with Crippen LogP contribution in [0.2, 0.25) is 0 Å². The van der Waals surface area contributed by atoms with Crippen LogP contribution in [0.15, 0.2) is 18.2 Å². The zero-order chi connectivity index (χ0) is 20.5. The van der Waals surface area contributed by atoms with Crippen molar-refractivity contribution in [3.05, 3.63) is 46.3 Å². The maximum Gasteiger partial charge on any atom is 0.253 e. The fraction of sp³-hybridized carbons (Fsp3) is 0.565. The number of nitrogens with one attached hydrogen (secondary N) is 1. The van der Waals surface area contributed by atoms with Crippen molar-refractivity contribution in [2.75, 3.05) is 18.5 Å². The number of benzene rings is 1. The molecule has 0 bridgehead atoms. The lowest BCUT2D eigenvalue weighted by Crippen LogP contribution is -2.31. The molecule has 1 saturated heterocycles. The third kappa shape index (κ3) is 4.23. The molecule has 1 aromatic carbocycles. The van der Waals surface area contributed by atoms with Crippen molar-refractivity contribution < 1.29 is 9.53 Å². The van der Waals surface area contributed by atoms with E-state index in [1.807, 2.05) is 6.07 Å². The van der Waals surface area contributed by atoms with Gasteiger partial charge in [0, 0.05) is 49.2 Å². The molecule has 2 aromatic rings. The van der Waals surface area contributed by atoms with E-state index in [2.05, 4.69) is 54.7 Å². The number of carbonyl (C=O) groups is 1. The van der Waals surface area contributed by atoms with Crippen LogP contribution in [0, 0.1) is 13.8 Å². The molecular formula is C23H32N4O2. The van der Waals surface area contributed by atoms with Crippen molar-refractivity contribution in [3.63, 3.8) is 0 Å². The summed E-state index contributed by atoms with van der Waals surface area (Å²) in [4.78, 5) is 14.8. The summed E-state index contributed by atoms with van der Waals surface area (Å²) < 4.78 is 7.62. The third-order valence-electron chi connectivity index (χ3n) is 6.13. The van der Waals surface area contributed by atoms with Crippen molar-refractivity contribution in [2.24, 2.45) is 0 Å². The summed E-state index contributed by atoms with van der Waals surface area (Å²) in [7, 11) is 0. The highest BCUT2D eigenvalue weighted by atomic mass is 16.5. The van der Waals surface area contributed by atoms with Crippen molar-refractivity contribution in [3.8, 4) is 0 Å². The molecule has 2 aliphatic heterocycles. The molecule has 1 atom stereocenters. The Labute approximate surface area is 173 Å². The number of aryl methyl sites for hydroxylation is 1. The zero-order valence-electron chi connectivity index (χ0n) is 18.0. The van der Waals surface area contributed by atoms with Gasteiger partial charge in [0.05, 0.1) is 5.69 Å². The first-order chi connectivity index (χ1) is 13.9. The quantitative estimate of drug-likeness (QED) is 0.836. The number of fused-ring (bicyclic) bond motifs is 1. The van der Waals surface area contributed by atoms with Crippen LogP contribution in [0.5, 0.6) is 0 Å². The lowest BCUT2D eigenvalue weighted by Gasteiger charge is -2.29. The smallest absolute Gasteiger partial charge is 0.253 e. The van der Waals surface area contributed by atoms with Crippen molar-refractivity contribution in [1.29, 1.82) is 0 Å². The van der Waals surface area contributed by atoms with Gasteiger partial charge < -0.3 is 10.1 Å². The van der Waals surface area contributed by atoms with Crippen LogP contribution in [0.1, 0.15) is 60.8 Å². The van der Waals surface area contributed by atoms with Crippen LogP contribution >= 0.6 is 0 Å². The van der Waals surface area contributed by atoms with Gasteiger partial charge in [0.1, 0.15) is 6.10 Å². The monoisotopic (exact) mass is 396 g/mol. The predicted octanol–water partition coefficient (Wildman–Crippen LogP) is 3.76. The molecule has 1 aromatic heterocycles. The Balaban J connectivity index is 1.46. The van der Waals surface area contributed by atoms with E-state index in [-0.39, 0.29) is 12.0 Å². The van der Waals surface area contributed by atoms with Gasteiger partial charge in [-0.15, -0.1) is 0 Å². The standard InChI is InChI=1S/C23H32N4O2/c1-15(2)27-17(4)21(16(3)25-27)14-26-10-9-18-7-8-20(12-19(18)13-26)24-23(28)22-6-5-11-29-22/h7-8,12,15,22H,5-6,9-11,13-14H2,1-4H3,(H,24,28). The van der Waals surface area contributed by atoms with E-state index in [4.69, 9.17) is 9.84 Å². The molecule has 6 heteroatoms. The molecule has 0 spiro atoms. The molecule has 0 saturated carbocycles. The number of amides is 1. The minimum absolute atomic E-state index is 0.0255. The van der Waals surface area contributed by atoms with Crippen LogP contribution in [0.4, 0.5) is 5.69 Å². The van der Waals surface area contributed by atoms with Gasteiger partial charge in [-0.05, 0) is 70.2 Å². The van der Waals surface area contributed by atoms with E-state index in [9.17, 15) is 4.79 Å². The van der Waals surface area contributed by atoms with Gasteiger partial charge in [-0.25, -0.2) is 0 Å². The van der Waals surface area contributed by atoms with Gasteiger partial charge in [-0.3, -0.25) is 14.4 Å². The maximum absolute atomic E-state index is 12.4. The van der Waals surface area contributed by atoms with E-state index in [1.54, 1.807) is 0 Å². The Bertz CT molecular complexity index is 897. The Morgan fingerprint density at radius 2 is 2.14 bits per heavy atom. The molecule has 0 aliphatic carbocycles. The van der Waals surface area contributed by atoms with Crippen LogP contribution in [0.3, 0.4) is 0 Å². The van der Waals surface area contributed by atoms with Crippen LogP contribution in [-0.4, -0.2) is 39.8 Å². The molecule has 4 rings (SSSR count). The molecule has 29 heavy (non-hydrogen) atoms. The first-order valence-electron chi connectivity index (χ1n) is 10.7. The highest BCUT2D eigenvalue weighted by Gasteiger charge is 2.24. The molecule has 156 valence electrons. The van der Waals surface area contributed by atoms with Gasteiger partial charge in [0.25, 0.3) is 5.91 Å². The van der Waals surface area contributed by atoms with E-state index in [1.165, 1.54) is 22.4 Å². The highest BCUT2D eigenvalue weighted by Crippen LogP contribution is 2.26. The number of rotatable bonds is 5. The molecule has 1 N–H and O–H groups in total. The fourth-order valence-corrected chi connectivity index (χ4v) is 4.49. The Morgan fingerprint density at radius 3 is 2.83 bits per heavy atom. The van der Waals surface area contributed by atoms with E-state index >= 15 is 0 Å². The maximum atomic E-state index is 12.4. The minimum Gasteiger partial charge on any atom is -0.368 e. The second kappa shape index (κ2) is 8.28. The molecular weight excluding hydrogens is 364 g/mol. The fourth-order valence-electron chi connectivity index (χ4n) is 4.49. The second-order valence-corrected chi connectivity index (χ2v) is 8.62. The summed E-state index contributed by atoms with van der Waals surface area (Å²) in [5.74, 6) is -0.0255. The number of hydrogen-bond acceptors (Lipinski definition) is 4. The van der Waals surface area contributed by atoms with Gasteiger partial charge in [-0.1, -0.05) is 6.07 Å². The van der Waals surface area contributed by atoms with Gasteiger partial charge >= 0.3 is 0 Å². The average molecular weight is 397 g/mol. The summed E-state index contributed by atoms with van der Waals surface area (Å²) >= 11 is 0. The third-order valence-corrected chi connectivity index (χ3v) is 6.13. The normalized spacial score (nSPS) is 19.6. The summed E-state index contributed by atoms with van der Waals surface area (Å²) in [6.45, 7) is 12.2. The van der Waals surface area contributed by atoms with Gasteiger partial charge in [-0.2, -0.15) is 5.10 Å². The molecule has 6 nitrogen and oxygen atoms in total. The molecule has 0 radical (unpaired) electrons. The zero-order valence-corrected chi connectivity index (χ0v) is 18.0. The summed E-state index contributed by atoms with van der Waals surface area (Å²) in [5.41, 5.74) is 7.27. The lowest BCUT2D eigenvalue weighted by atomic mass is 9.98. The Kier molecular flexibility index (Phi) is 5.74. The van der Waals surface area contributed by atoms with Crippen LogP contribution < -0.4 is 5.32 Å². The first kappa shape index (κ1) is 20.1. The second-order valence-electron chi connectivity index (χ2n) is 8.62. The van der Waals surface area contributed by atoms with E-state index in [0.717, 1.165) is 50.3 Å². The SMILES string of the molecule is Cc1nn(C(C)C)c(C)c1CN1CCc2ccc(NC(=O)C3CCCO3)cc2C1. The molecule has 3 heterocycles. The largest absolute Gasteiger partial charge is 0.368 e. The topological polar surface area (TPSA) is 59.4 Å². The first-order valence-corrected chi connectivity index (χ1v) is 10.7. The predicted molar refractivity (Wildman–Crippen MR) is 114 cm³/mol. The van der Waals surface area contributed by atoms with Crippen molar-refractivity contribution >= 4 is 11.6 Å². The number of anilines is 1. The summed E-state index contributed by atoms with van der Waals surface area (Å²) in [6.07, 6.45) is 2.51. The number of nitrogens with zero attached hydrogens (tertiary/aromatic N) is 3. The summed E-state index contributed by atoms with van der Waals surface area (Å²) in [6, 6.07) is 6.68. The number of aromatic nitrogens is 2. The minimum atomic E-state index is -0.300. The van der Waals surface area contributed by atoms with Gasteiger partial charge in [0.15, 0.2) is 0 Å². The number of carbonyl (C=O) groups excluding carboxylic acids is 1. The molecule has 1 amide bonds. The van der Waals surface area contributed by atoms with Crippen molar-refractivity contribution in [2.45, 2.75) is 72.2 Å². The average Bonchev–Trinajstić information content (AvgIpc) is 3.32. The molecule has 2 aliphatic rings.